The number of allylic oxidation sites excluding steroid dienone is 1. The molecule has 4 aromatic rings. The number of aromatic nitrogens is 1. The van der Waals surface area contributed by atoms with Gasteiger partial charge in [0.1, 0.15) is 5.75 Å². The third kappa shape index (κ3) is 2.97. The van der Waals surface area contributed by atoms with E-state index in [1.807, 2.05) is 60.8 Å². The zero-order valence-corrected chi connectivity index (χ0v) is 15.2. The van der Waals surface area contributed by atoms with E-state index < -0.39 is 0 Å². The third-order valence-corrected chi connectivity index (χ3v) is 5.03. The number of rotatable bonds is 3. The van der Waals surface area contributed by atoms with Crippen LogP contribution >= 0.6 is 0 Å². The average molecular weight is 362 g/mol. The van der Waals surface area contributed by atoms with Crippen LogP contribution in [0.3, 0.4) is 0 Å². The fraction of sp³-hybridized carbons (Fsp3) is 0.0400. The molecule has 0 aliphatic carbocycles. The van der Waals surface area contributed by atoms with E-state index in [1.54, 1.807) is 6.07 Å². The molecule has 0 amide bonds. The molecule has 0 fully saturated rings. The van der Waals surface area contributed by atoms with Gasteiger partial charge in [-0.25, -0.2) is 4.98 Å². The molecule has 1 aliphatic rings. The van der Waals surface area contributed by atoms with E-state index >= 15 is 0 Å². The monoisotopic (exact) mass is 362 g/mol. The van der Waals surface area contributed by atoms with Gasteiger partial charge < -0.3 is 5.11 Å². The Hall–Kier alpha value is -3.72. The van der Waals surface area contributed by atoms with Crippen molar-refractivity contribution in [3.05, 3.63) is 96.7 Å². The van der Waals surface area contributed by atoms with Crippen LogP contribution in [0.25, 0.3) is 33.3 Å². The van der Waals surface area contributed by atoms with E-state index in [2.05, 4.69) is 29.3 Å². The molecule has 0 atom stereocenters. The normalized spacial score (nSPS) is 13.1. The topological polar surface area (TPSA) is 45.5 Å². The highest BCUT2D eigenvalue weighted by atomic mass is 16.3. The summed E-state index contributed by atoms with van der Waals surface area (Å²) in [6.45, 7) is 0. The summed E-state index contributed by atoms with van der Waals surface area (Å²) >= 11 is 0. The second-order valence-corrected chi connectivity index (χ2v) is 6.87. The number of phenols is 1. The van der Waals surface area contributed by atoms with Crippen LogP contribution in [0.2, 0.25) is 0 Å². The van der Waals surface area contributed by atoms with E-state index in [0.717, 1.165) is 51.0 Å². The molecule has 0 unspecified atom stereocenters. The highest BCUT2D eigenvalue weighted by Crippen LogP contribution is 2.33. The van der Waals surface area contributed by atoms with Gasteiger partial charge in [0.05, 0.1) is 17.1 Å². The van der Waals surface area contributed by atoms with E-state index in [0.29, 0.717) is 0 Å². The van der Waals surface area contributed by atoms with Gasteiger partial charge in [-0.15, -0.1) is 0 Å². The quantitative estimate of drug-likeness (QED) is 0.487. The molecule has 0 spiro atoms. The lowest BCUT2D eigenvalue weighted by molar-refractivity contribution is 0.478. The van der Waals surface area contributed by atoms with E-state index in [9.17, 15) is 5.11 Å². The summed E-state index contributed by atoms with van der Waals surface area (Å²) in [5.74, 6) is 0.239. The van der Waals surface area contributed by atoms with Crippen LogP contribution in [0.1, 0.15) is 12.0 Å². The molecule has 28 heavy (non-hydrogen) atoms. The van der Waals surface area contributed by atoms with Crippen molar-refractivity contribution in [2.24, 2.45) is 4.99 Å². The van der Waals surface area contributed by atoms with Crippen molar-refractivity contribution < 1.29 is 5.11 Å². The highest BCUT2D eigenvalue weighted by Gasteiger charge is 2.11. The molecule has 3 nitrogen and oxygen atoms in total. The Kier molecular flexibility index (Phi) is 3.99. The molecule has 1 aromatic heterocycles. The maximum absolute atomic E-state index is 10.5. The standard InChI is InChI=1S/C25H18N2O/c28-25-16-18-7-2-1-6-17(18)15-21(25)24-11-4-10-23(27-24)20-9-3-8-19(14-20)22-12-5-13-26-22/h1-11,13-16,28H,12H2. The zero-order chi connectivity index (χ0) is 18.9. The van der Waals surface area contributed by atoms with Crippen molar-refractivity contribution in [1.29, 1.82) is 0 Å². The van der Waals surface area contributed by atoms with Crippen molar-refractivity contribution >= 4 is 16.5 Å². The van der Waals surface area contributed by atoms with Gasteiger partial charge >= 0.3 is 0 Å². The van der Waals surface area contributed by atoms with Crippen LogP contribution in [0.5, 0.6) is 5.75 Å². The lowest BCUT2D eigenvalue weighted by Gasteiger charge is -2.10. The molecule has 0 saturated carbocycles. The average Bonchev–Trinajstić information content (AvgIpc) is 3.28. The van der Waals surface area contributed by atoms with Crippen molar-refractivity contribution in [3.63, 3.8) is 0 Å². The Morgan fingerprint density at radius 3 is 2.29 bits per heavy atom. The molecule has 0 radical (unpaired) electrons. The molecular weight excluding hydrogens is 344 g/mol. The zero-order valence-electron chi connectivity index (χ0n) is 15.2. The van der Waals surface area contributed by atoms with Gasteiger partial charge in [0.25, 0.3) is 0 Å². The minimum Gasteiger partial charge on any atom is -0.507 e. The summed E-state index contributed by atoms with van der Waals surface area (Å²) in [4.78, 5) is 9.26. The van der Waals surface area contributed by atoms with Crippen LogP contribution in [-0.2, 0) is 0 Å². The van der Waals surface area contributed by atoms with Crippen LogP contribution in [0.4, 0.5) is 0 Å². The maximum Gasteiger partial charge on any atom is 0.125 e. The van der Waals surface area contributed by atoms with Gasteiger partial charge in [-0.05, 0) is 46.7 Å². The van der Waals surface area contributed by atoms with Gasteiger partial charge in [-0.1, -0.05) is 54.6 Å². The van der Waals surface area contributed by atoms with Gasteiger partial charge in [-0.3, -0.25) is 4.99 Å². The van der Waals surface area contributed by atoms with Crippen molar-refractivity contribution in [3.8, 4) is 28.3 Å². The maximum atomic E-state index is 10.5. The first kappa shape index (κ1) is 16.5. The Balaban J connectivity index is 1.58. The van der Waals surface area contributed by atoms with E-state index in [1.165, 1.54) is 0 Å². The number of benzene rings is 3. The first-order chi connectivity index (χ1) is 13.8. The number of aromatic hydroxyl groups is 1. The Morgan fingerprint density at radius 1 is 0.714 bits per heavy atom. The summed E-state index contributed by atoms with van der Waals surface area (Å²) in [7, 11) is 0. The number of phenolic OH excluding ortho intramolecular Hbond substituents is 1. The summed E-state index contributed by atoms with van der Waals surface area (Å²) in [6, 6.07) is 26.0. The van der Waals surface area contributed by atoms with Gasteiger partial charge in [0, 0.05) is 23.7 Å². The lowest BCUT2D eigenvalue weighted by atomic mass is 10.0. The molecule has 134 valence electrons. The Bertz CT molecular complexity index is 1250. The van der Waals surface area contributed by atoms with E-state index in [4.69, 9.17) is 4.98 Å². The van der Waals surface area contributed by atoms with Crippen LogP contribution in [-0.4, -0.2) is 15.8 Å². The smallest absolute Gasteiger partial charge is 0.125 e. The molecule has 0 saturated heterocycles. The predicted molar refractivity (Wildman–Crippen MR) is 115 cm³/mol. The number of hydrogen-bond acceptors (Lipinski definition) is 3. The van der Waals surface area contributed by atoms with Crippen molar-refractivity contribution in [1.82, 2.24) is 4.98 Å². The first-order valence-corrected chi connectivity index (χ1v) is 9.30. The summed E-state index contributed by atoms with van der Waals surface area (Å²) in [5, 5.41) is 12.6. The molecule has 1 aliphatic heterocycles. The Labute approximate surface area is 163 Å². The second-order valence-electron chi connectivity index (χ2n) is 6.87. The van der Waals surface area contributed by atoms with E-state index in [-0.39, 0.29) is 5.75 Å². The molecule has 3 aromatic carbocycles. The number of aliphatic imine (C=N–C) groups is 1. The Morgan fingerprint density at radius 2 is 1.46 bits per heavy atom. The fourth-order valence-electron chi connectivity index (χ4n) is 3.59. The minimum absolute atomic E-state index is 0.239. The number of pyridine rings is 1. The number of hydrogen-bond donors (Lipinski definition) is 1. The third-order valence-electron chi connectivity index (χ3n) is 5.03. The SMILES string of the molecule is Oc1cc2ccccc2cc1-c1cccc(-c2cccc(C3=NC=CC3)c2)n1. The molecule has 3 heteroatoms. The first-order valence-electron chi connectivity index (χ1n) is 9.30. The predicted octanol–water partition coefficient (Wildman–Crippen LogP) is 5.98. The van der Waals surface area contributed by atoms with Crippen LogP contribution in [0.15, 0.2) is 96.1 Å². The van der Waals surface area contributed by atoms with Gasteiger partial charge in [0.15, 0.2) is 0 Å². The van der Waals surface area contributed by atoms with Gasteiger partial charge in [0.2, 0.25) is 0 Å². The van der Waals surface area contributed by atoms with Crippen LogP contribution in [0, 0.1) is 0 Å². The van der Waals surface area contributed by atoms with Crippen molar-refractivity contribution in [2.75, 3.05) is 0 Å². The number of fused-ring (bicyclic) bond motifs is 1. The summed E-state index contributed by atoms with van der Waals surface area (Å²) in [6.07, 6.45) is 4.77. The van der Waals surface area contributed by atoms with Crippen LogP contribution < -0.4 is 0 Å². The molecule has 1 N–H and O–H groups in total. The lowest BCUT2D eigenvalue weighted by Crippen LogP contribution is -1.97. The van der Waals surface area contributed by atoms with Crippen molar-refractivity contribution in [2.45, 2.75) is 6.42 Å². The molecular formula is C25H18N2O. The van der Waals surface area contributed by atoms with Gasteiger partial charge in [-0.2, -0.15) is 0 Å². The largest absolute Gasteiger partial charge is 0.507 e. The second kappa shape index (κ2) is 6.78. The summed E-state index contributed by atoms with van der Waals surface area (Å²) in [5.41, 5.74) is 5.59. The molecule has 0 bridgehead atoms. The summed E-state index contributed by atoms with van der Waals surface area (Å²) < 4.78 is 0. The molecule has 5 rings (SSSR count). The minimum atomic E-state index is 0.239. The fourth-order valence-corrected chi connectivity index (χ4v) is 3.59. The number of nitrogens with zero attached hydrogens (tertiary/aromatic N) is 2. The highest BCUT2D eigenvalue weighted by molar-refractivity contribution is 6.03. The molecule has 2 heterocycles.